The van der Waals surface area contributed by atoms with Crippen molar-refractivity contribution in [3.8, 4) is 0 Å². The van der Waals surface area contributed by atoms with Crippen molar-refractivity contribution < 1.29 is 19.5 Å². The lowest BCUT2D eigenvalue weighted by Gasteiger charge is -2.21. The molecule has 0 saturated carbocycles. The van der Waals surface area contributed by atoms with Crippen LogP contribution in [-0.2, 0) is 11.2 Å². The maximum Gasteiger partial charge on any atom is 0.346 e. The molecule has 10 nitrogen and oxygen atoms in total. The lowest BCUT2D eigenvalue weighted by Crippen LogP contribution is -2.48. The Morgan fingerprint density at radius 2 is 1.84 bits per heavy atom. The molecule has 3 amide bonds. The first kappa shape index (κ1) is 22.0. The molecule has 1 aromatic carbocycles. The number of aliphatic carboxylic acids is 1. The van der Waals surface area contributed by atoms with Gasteiger partial charge in [0.1, 0.15) is 11.9 Å². The molecule has 0 aliphatic carbocycles. The summed E-state index contributed by atoms with van der Waals surface area (Å²) < 4.78 is 0. The molecule has 0 spiro atoms. The molecule has 1 saturated heterocycles. The molecule has 10 heteroatoms. The van der Waals surface area contributed by atoms with Crippen molar-refractivity contribution in [1.82, 2.24) is 20.2 Å². The van der Waals surface area contributed by atoms with E-state index in [-0.39, 0.29) is 17.8 Å². The molecule has 1 aromatic heterocycles. The smallest absolute Gasteiger partial charge is 0.346 e. The molecule has 2 heterocycles. The van der Waals surface area contributed by atoms with Gasteiger partial charge in [0, 0.05) is 36.8 Å². The number of hydrogen-bond acceptors (Lipinski definition) is 5. The van der Waals surface area contributed by atoms with Crippen LogP contribution >= 0.6 is 0 Å². The van der Waals surface area contributed by atoms with Gasteiger partial charge in [-0.1, -0.05) is 18.2 Å². The Balaban J connectivity index is 1.82. The van der Waals surface area contributed by atoms with Gasteiger partial charge in [0.2, 0.25) is 0 Å². The number of aromatic nitrogens is 2. The van der Waals surface area contributed by atoms with Crippen LogP contribution in [0, 0.1) is 13.8 Å². The monoisotopic (exact) mass is 427 g/mol. The Morgan fingerprint density at radius 3 is 2.45 bits per heavy atom. The Labute approximate surface area is 178 Å². The van der Waals surface area contributed by atoms with Crippen LogP contribution in [0.25, 0.3) is 0 Å². The number of H-pyrrole nitrogens is 1. The fourth-order valence-electron chi connectivity index (χ4n) is 3.62. The van der Waals surface area contributed by atoms with Gasteiger partial charge >= 0.3 is 17.7 Å². The Hall–Kier alpha value is -3.69. The summed E-state index contributed by atoms with van der Waals surface area (Å²) in [4.78, 5) is 56.3. The average molecular weight is 427 g/mol. The first-order chi connectivity index (χ1) is 14.8. The highest BCUT2D eigenvalue weighted by Gasteiger charge is 2.26. The number of aryl methyl sites for hydroxylation is 2. The van der Waals surface area contributed by atoms with Crippen molar-refractivity contribution in [2.75, 3.05) is 18.4 Å². The number of carboxylic acid groups (broad SMARTS) is 1. The minimum Gasteiger partial charge on any atom is -0.480 e. The van der Waals surface area contributed by atoms with Gasteiger partial charge in [-0.05, 0) is 37.8 Å². The normalized spacial score (nSPS) is 14.2. The number of nitrogens with one attached hydrogen (secondary N) is 3. The summed E-state index contributed by atoms with van der Waals surface area (Å²) in [5.74, 6) is -1.62. The van der Waals surface area contributed by atoms with Crippen LogP contribution < -0.4 is 16.3 Å². The zero-order chi connectivity index (χ0) is 22.5. The lowest BCUT2D eigenvalue weighted by molar-refractivity contribution is -0.139. The van der Waals surface area contributed by atoms with Gasteiger partial charge < -0.3 is 20.6 Å². The van der Waals surface area contributed by atoms with E-state index in [1.54, 1.807) is 30.9 Å². The van der Waals surface area contributed by atoms with Crippen molar-refractivity contribution in [3.05, 3.63) is 57.1 Å². The molecule has 1 atom stereocenters. The molecule has 3 rings (SSSR count). The minimum absolute atomic E-state index is 0.0503. The first-order valence-electron chi connectivity index (χ1n) is 10.00. The van der Waals surface area contributed by atoms with Gasteiger partial charge in [-0.3, -0.25) is 9.78 Å². The average Bonchev–Trinajstić information content (AvgIpc) is 3.24. The number of aromatic amines is 1. The van der Waals surface area contributed by atoms with E-state index in [9.17, 15) is 24.3 Å². The van der Waals surface area contributed by atoms with Crippen LogP contribution in [0.15, 0.2) is 29.2 Å². The van der Waals surface area contributed by atoms with Crippen molar-refractivity contribution in [1.29, 1.82) is 0 Å². The van der Waals surface area contributed by atoms with Crippen molar-refractivity contribution in [2.45, 2.75) is 39.2 Å². The molecule has 0 bridgehead atoms. The SMILES string of the molecule is Cc1cccc(C)c1C(=O)Nc1[nH]c(=O)ncc1CC(NC(=O)N1CCCC1)C(=O)O. The van der Waals surface area contributed by atoms with E-state index in [1.807, 2.05) is 6.07 Å². The number of urea groups is 1. The fourth-order valence-corrected chi connectivity index (χ4v) is 3.62. The van der Waals surface area contributed by atoms with Crippen LogP contribution in [-0.4, -0.2) is 57.0 Å². The van der Waals surface area contributed by atoms with Crippen molar-refractivity contribution in [3.63, 3.8) is 0 Å². The van der Waals surface area contributed by atoms with Crippen LogP contribution in [0.1, 0.15) is 39.9 Å². The fraction of sp³-hybridized carbons (Fsp3) is 0.381. The molecule has 2 aromatic rings. The number of amides is 3. The molecule has 1 unspecified atom stereocenters. The maximum atomic E-state index is 12.8. The zero-order valence-electron chi connectivity index (χ0n) is 17.4. The highest BCUT2D eigenvalue weighted by Crippen LogP contribution is 2.18. The van der Waals surface area contributed by atoms with Crippen LogP contribution in [0.5, 0.6) is 0 Å². The van der Waals surface area contributed by atoms with Crippen molar-refractivity contribution in [2.24, 2.45) is 0 Å². The molecular weight excluding hydrogens is 402 g/mol. The Kier molecular flexibility index (Phi) is 6.68. The second-order valence-corrected chi connectivity index (χ2v) is 7.55. The Morgan fingerprint density at radius 1 is 1.19 bits per heavy atom. The lowest BCUT2D eigenvalue weighted by atomic mass is 10.0. The molecule has 4 N–H and O–H groups in total. The molecular formula is C21H25N5O5. The summed E-state index contributed by atoms with van der Waals surface area (Å²) in [6.07, 6.45) is 2.80. The third kappa shape index (κ3) is 5.27. The van der Waals surface area contributed by atoms with Gasteiger partial charge in [0.15, 0.2) is 0 Å². The summed E-state index contributed by atoms with van der Waals surface area (Å²) in [5.41, 5.74) is 1.58. The quantitative estimate of drug-likeness (QED) is 0.549. The third-order valence-corrected chi connectivity index (χ3v) is 5.25. The number of rotatable bonds is 6. The summed E-state index contributed by atoms with van der Waals surface area (Å²) in [7, 11) is 0. The molecule has 0 radical (unpaired) electrons. The van der Waals surface area contributed by atoms with E-state index in [2.05, 4.69) is 20.6 Å². The van der Waals surface area contributed by atoms with Gasteiger partial charge in [-0.2, -0.15) is 0 Å². The van der Waals surface area contributed by atoms with Gasteiger partial charge in [-0.25, -0.2) is 19.4 Å². The number of anilines is 1. The van der Waals surface area contributed by atoms with Gasteiger partial charge in [0.25, 0.3) is 5.91 Å². The second-order valence-electron chi connectivity index (χ2n) is 7.55. The maximum absolute atomic E-state index is 12.8. The summed E-state index contributed by atoms with van der Waals surface area (Å²) in [6.45, 7) is 4.75. The summed E-state index contributed by atoms with van der Waals surface area (Å²) >= 11 is 0. The number of benzene rings is 1. The van der Waals surface area contributed by atoms with E-state index in [1.165, 1.54) is 6.20 Å². The first-order valence-corrected chi connectivity index (χ1v) is 10.00. The summed E-state index contributed by atoms with van der Waals surface area (Å²) in [6, 6.07) is 3.72. The van der Waals surface area contributed by atoms with Gasteiger partial charge in [-0.15, -0.1) is 0 Å². The number of carbonyl (C=O) groups is 3. The molecule has 1 aliphatic heterocycles. The third-order valence-electron chi connectivity index (χ3n) is 5.25. The number of carbonyl (C=O) groups excluding carboxylic acids is 2. The predicted molar refractivity (Wildman–Crippen MR) is 113 cm³/mol. The van der Waals surface area contributed by atoms with E-state index in [4.69, 9.17) is 0 Å². The standard InChI is InChI=1S/C21H25N5O5/c1-12-6-5-7-13(2)16(12)18(27)24-17-14(11-22-20(30)25-17)10-15(19(28)29)23-21(31)26-8-3-4-9-26/h5-7,11,15H,3-4,8-10H2,1-2H3,(H,23,31)(H,28,29)(H2,22,24,25,27,30). The molecule has 164 valence electrons. The number of likely N-dealkylation sites (tertiary alicyclic amines) is 1. The highest BCUT2D eigenvalue weighted by molar-refractivity contribution is 6.06. The molecule has 1 aliphatic rings. The number of nitrogens with zero attached hydrogens (tertiary/aromatic N) is 2. The van der Waals surface area contributed by atoms with E-state index < -0.39 is 29.6 Å². The predicted octanol–water partition coefficient (Wildman–Crippen LogP) is 1.44. The topological polar surface area (TPSA) is 144 Å². The minimum atomic E-state index is -1.25. The van der Waals surface area contributed by atoms with Gasteiger partial charge in [0.05, 0.1) is 0 Å². The van der Waals surface area contributed by atoms with Crippen molar-refractivity contribution >= 4 is 23.7 Å². The largest absolute Gasteiger partial charge is 0.480 e. The van der Waals surface area contributed by atoms with E-state index >= 15 is 0 Å². The van der Waals surface area contributed by atoms with Crippen LogP contribution in [0.2, 0.25) is 0 Å². The summed E-state index contributed by atoms with van der Waals surface area (Å²) in [5, 5.41) is 14.7. The Bertz CT molecular complexity index is 1040. The van der Waals surface area contributed by atoms with E-state index in [0.29, 0.717) is 18.7 Å². The van der Waals surface area contributed by atoms with E-state index in [0.717, 1.165) is 24.0 Å². The number of carboxylic acids is 1. The van der Waals surface area contributed by atoms with Crippen LogP contribution in [0.3, 0.4) is 0 Å². The molecule has 1 fully saturated rings. The number of hydrogen-bond donors (Lipinski definition) is 4. The second kappa shape index (κ2) is 9.41. The zero-order valence-corrected chi connectivity index (χ0v) is 17.4. The highest BCUT2D eigenvalue weighted by atomic mass is 16.4. The van der Waals surface area contributed by atoms with Crippen LogP contribution in [0.4, 0.5) is 10.6 Å². The molecule has 31 heavy (non-hydrogen) atoms.